The number of Topliss-reactive ketones (excluding diaryl/α,β-unsaturated/α-hetero) is 1. The number of hydrogen-bond acceptors (Lipinski definition) is 3. The average molecular weight is 275 g/mol. The molecular formula is C17H25NO2. The molecule has 0 amide bonds. The Labute approximate surface area is 121 Å². The molecule has 3 nitrogen and oxygen atoms in total. The number of benzene rings is 1. The summed E-state index contributed by atoms with van der Waals surface area (Å²) in [5.41, 5.74) is 2.99. The molecule has 1 aliphatic heterocycles. The number of carbonyl (C=O) groups is 1. The monoisotopic (exact) mass is 275 g/mol. The highest BCUT2D eigenvalue weighted by molar-refractivity contribution is 5.98. The summed E-state index contributed by atoms with van der Waals surface area (Å²) < 4.78 is 5.57. The molecular weight excluding hydrogens is 250 g/mol. The molecule has 1 aromatic rings. The van der Waals surface area contributed by atoms with Crippen LogP contribution in [0, 0.1) is 13.8 Å². The third kappa shape index (κ3) is 3.40. The van der Waals surface area contributed by atoms with Gasteiger partial charge in [-0.05, 0) is 70.0 Å². The maximum atomic E-state index is 12.4. The lowest BCUT2D eigenvalue weighted by molar-refractivity contribution is 0.0968. The normalized spacial score (nSPS) is 15.6. The van der Waals surface area contributed by atoms with Crippen LogP contribution in [-0.4, -0.2) is 36.9 Å². The number of nitrogens with zero attached hydrogens (tertiary/aromatic N) is 1. The zero-order valence-corrected chi connectivity index (χ0v) is 12.9. The third-order valence-corrected chi connectivity index (χ3v) is 4.19. The zero-order chi connectivity index (χ0) is 14.5. The minimum absolute atomic E-state index is 0.251. The first kappa shape index (κ1) is 15.0. The van der Waals surface area contributed by atoms with Gasteiger partial charge >= 0.3 is 0 Å². The van der Waals surface area contributed by atoms with Gasteiger partial charge in [0.15, 0.2) is 5.78 Å². The Hall–Kier alpha value is -1.35. The van der Waals surface area contributed by atoms with Crippen molar-refractivity contribution < 1.29 is 9.53 Å². The highest BCUT2D eigenvalue weighted by atomic mass is 16.5. The Morgan fingerprint density at radius 2 is 1.90 bits per heavy atom. The summed E-state index contributed by atoms with van der Waals surface area (Å²) in [6.45, 7) is 9.86. The van der Waals surface area contributed by atoms with Crippen molar-refractivity contribution in [1.29, 1.82) is 0 Å². The van der Waals surface area contributed by atoms with Crippen LogP contribution in [-0.2, 0) is 0 Å². The van der Waals surface area contributed by atoms with E-state index >= 15 is 0 Å². The minimum Gasteiger partial charge on any atom is -0.494 e. The van der Waals surface area contributed by atoms with E-state index < -0.39 is 0 Å². The number of ketones is 1. The largest absolute Gasteiger partial charge is 0.494 e. The van der Waals surface area contributed by atoms with Crippen LogP contribution in [0.3, 0.4) is 0 Å². The zero-order valence-electron chi connectivity index (χ0n) is 12.9. The summed E-state index contributed by atoms with van der Waals surface area (Å²) in [5, 5.41) is 0. The Bertz CT molecular complexity index is 476. The fraction of sp³-hybridized carbons (Fsp3) is 0.588. The maximum Gasteiger partial charge on any atom is 0.164 e. The highest BCUT2D eigenvalue weighted by Gasteiger charge is 2.16. The van der Waals surface area contributed by atoms with Gasteiger partial charge in [-0.1, -0.05) is 0 Å². The van der Waals surface area contributed by atoms with E-state index in [-0.39, 0.29) is 5.78 Å². The molecule has 0 aromatic heterocycles. The first-order valence-electron chi connectivity index (χ1n) is 7.62. The van der Waals surface area contributed by atoms with Crippen molar-refractivity contribution in [2.75, 3.05) is 26.2 Å². The molecule has 1 saturated heterocycles. The predicted molar refractivity (Wildman–Crippen MR) is 81.7 cm³/mol. The van der Waals surface area contributed by atoms with Crippen molar-refractivity contribution in [3.05, 3.63) is 28.8 Å². The Balaban J connectivity index is 2.03. The fourth-order valence-corrected chi connectivity index (χ4v) is 2.81. The van der Waals surface area contributed by atoms with E-state index in [2.05, 4.69) is 4.90 Å². The van der Waals surface area contributed by atoms with Crippen LogP contribution in [0.15, 0.2) is 12.1 Å². The van der Waals surface area contributed by atoms with E-state index in [0.29, 0.717) is 13.0 Å². The highest BCUT2D eigenvalue weighted by Crippen LogP contribution is 2.25. The van der Waals surface area contributed by atoms with Gasteiger partial charge < -0.3 is 9.64 Å². The van der Waals surface area contributed by atoms with Gasteiger partial charge in [0.1, 0.15) is 5.75 Å². The van der Waals surface area contributed by atoms with Crippen molar-refractivity contribution in [2.45, 2.75) is 40.0 Å². The number of likely N-dealkylation sites (tertiary alicyclic amines) is 1. The molecule has 0 aliphatic carbocycles. The SMILES string of the molecule is CCOc1ccc(C(=O)CCN2CCCC2)c(C)c1C. The van der Waals surface area contributed by atoms with Crippen LogP contribution in [0.2, 0.25) is 0 Å². The molecule has 1 fully saturated rings. The van der Waals surface area contributed by atoms with Crippen LogP contribution in [0.1, 0.15) is 47.7 Å². The van der Waals surface area contributed by atoms with Gasteiger partial charge in [-0.2, -0.15) is 0 Å². The average Bonchev–Trinajstić information content (AvgIpc) is 2.95. The summed E-state index contributed by atoms with van der Waals surface area (Å²) >= 11 is 0. The van der Waals surface area contributed by atoms with Crippen LogP contribution in [0.4, 0.5) is 0 Å². The van der Waals surface area contributed by atoms with E-state index in [1.165, 1.54) is 12.8 Å². The molecule has 1 heterocycles. The van der Waals surface area contributed by atoms with E-state index in [1.54, 1.807) is 0 Å². The smallest absolute Gasteiger partial charge is 0.164 e. The standard InChI is InChI=1S/C17H25NO2/c1-4-20-17-8-7-15(13(2)14(17)3)16(19)9-12-18-10-5-6-11-18/h7-8H,4-6,9-12H2,1-3H3. The molecule has 1 aromatic carbocycles. The minimum atomic E-state index is 0.251. The quantitative estimate of drug-likeness (QED) is 0.745. The summed E-state index contributed by atoms with van der Waals surface area (Å²) in [6, 6.07) is 3.84. The molecule has 3 heteroatoms. The second kappa shape index (κ2) is 6.89. The Morgan fingerprint density at radius 3 is 2.55 bits per heavy atom. The molecule has 0 atom stereocenters. The molecule has 0 N–H and O–H groups in total. The van der Waals surface area contributed by atoms with Crippen LogP contribution in [0.25, 0.3) is 0 Å². The van der Waals surface area contributed by atoms with Crippen molar-refractivity contribution in [1.82, 2.24) is 4.90 Å². The fourth-order valence-electron chi connectivity index (χ4n) is 2.81. The van der Waals surface area contributed by atoms with Crippen LogP contribution >= 0.6 is 0 Å². The van der Waals surface area contributed by atoms with Gasteiger partial charge in [0.05, 0.1) is 6.61 Å². The summed E-state index contributed by atoms with van der Waals surface area (Å²) in [6.07, 6.45) is 3.17. The van der Waals surface area contributed by atoms with Gasteiger partial charge in [-0.3, -0.25) is 4.79 Å². The summed E-state index contributed by atoms with van der Waals surface area (Å²) in [7, 11) is 0. The van der Waals surface area contributed by atoms with E-state index in [4.69, 9.17) is 4.74 Å². The lowest BCUT2D eigenvalue weighted by Gasteiger charge is -2.16. The molecule has 2 rings (SSSR count). The van der Waals surface area contributed by atoms with Gasteiger partial charge in [0.2, 0.25) is 0 Å². The second-order valence-electron chi connectivity index (χ2n) is 5.52. The van der Waals surface area contributed by atoms with Gasteiger partial charge in [-0.25, -0.2) is 0 Å². The van der Waals surface area contributed by atoms with Gasteiger partial charge in [0.25, 0.3) is 0 Å². The summed E-state index contributed by atoms with van der Waals surface area (Å²) in [4.78, 5) is 14.8. The van der Waals surface area contributed by atoms with E-state index in [0.717, 1.165) is 42.1 Å². The molecule has 1 aliphatic rings. The topological polar surface area (TPSA) is 29.5 Å². The molecule has 20 heavy (non-hydrogen) atoms. The number of hydrogen-bond donors (Lipinski definition) is 0. The lowest BCUT2D eigenvalue weighted by Crippen LogP contribution is -2.23. The molecule has 0 bridgehead atoms. The number of rotatable bonds is 6. The van der Waals surface area contributed by atoms with Crippen LogP contribution in [0.5, 0.6) is 5.75 Å². The van der Waals surface area contributed by atoms with E-state index in [1.807, 2.05) is 32.9 Å². The first-order valence-corrected chi connectivity index (χ1v) is 7.62. The number of ether oxygens (including phenoxy) is 1. The Kier molecular flexibility index (Phi) is 5.18. The van der Waals surface area contributed by atoms with E-state index in [9.17, 15) is 4.79 Å². The van der Waals surface area contributed by atoms with Crippen molar-refractivity contribution in [3.63, 3.8) is 0 Å². The molecule has 0 spiro atoms. The molecule has 110 valence electrons. The van der Waals surface area contributed by atoms with Crippen molar-refractivity contribution in [3.8, 4) is 5.75 Å². The van der Waals surface area contributed by atoms with Crippen LogP contribution < -0.4 is 4.74 Å². The molecule has 0 radical (unpaired) electrons. The first-order chi connectivity index (χ1) is 9.63. The van der Waals surface area contributed by atoms with Crippen molar-refractivity contribution in [2.24, 2.45) is 0 Å². The Morgan fingerprint density at radius 1 is 1.20 bits per heavy atom. The third-order valence-electron chi connectivity index (χ3n) is 4.19. The molecule has 0 saturated carbocycles. The predicted octanol–water partition coefficient (Wildman–Crippen LogP) is 3.37. The second-order valence-corrected chi connectivity index (χ2v) is 5.52. The van der Waals surface area contributed by atoms with Crippen molar-refractivity contribution >= 4 is 5.78 Å². The van der Waals surface area contributed by atoms with Gasteiger partial charge in [0, 0.05) is 18.5 Å². The lowest BCUT2D eigenvalue weighted by atomic mass is 9.97. The van der Waals surface area contributed by atoms with Gasteiger partial charge in [-0.15, -0.1) is 0 Å². The maximum absolute atomic E-state index is 12.4. The molecule has 0 unspecified atom stereocenters. The number of carbonyl (C=O) groups excluding carboxylic acids is 1. The summed E-state index contributed by atoms with van der Waals surface area (Å²) in [5.74, 6) is 1.14.